The molecule has 0 unspecified atom stereocenters. The average molecular weight is 461 g/mol. The van der Waals surface area contributed by atoms with Gasteiger partial charge < -0.3 is 0 Å². The first-order valence-corrected chi connectivity index (χ1v) is 31.9. The van der Waals surface area contributed by atoms with Gasteiger partial charge in [0.1, 0.15) is 0 Å². The molecule has 0 amide bonds. The first-order chi connectivity index (χ1) is 11.2. The van der Waals surface area contributed by atoms with E-state index in [1.807, 2.05) is 0 Å². The molecule has 0 nitrogen and oxygen atoms in total. The highest BCUT2D eigenvalue weighted by atomic mass is 31.7. The fraction of sp³-hybridized carbons (Fsp3) is 0.700. The van der Waals surface area contributed by atoms with Gasteiger partial charge in [-0.2, -0.15) is 0 Å². The van der Waals surface area contributed by atoms with E-state index in [9.17, 15) is 0 Å². The molecule has 0 bridgehead atoms. The van der Waals surface area contributed by atoms with Crippen LogP contribution in [0.1, 0.15) is 0 Å². The van der Waals surface area contributed by atoms with E-state index in [-0.39, 0.29) is 0 Å². The smallest absolute Gasteiger partial charge is 0.0351 e. The predicted octanol–water partition coefficient (Wildman–Crippen LogP) is 7.57. The second-order valence-electron chi connectivity index (χ2n) is 12.2. The van der Waals surface area contributed by atoms with Crippen LogP contribution >= 0.6 is 12.7 Å². The van der Waals surface area contributed by atoms with Crippen molar-refractivity contribution in [2.24, 2.45) is 0 Å². The Kier molecular flexibility index (Phi) is 7.04. The topological polar surface area (TPSA) is 0 Å². The van der Waals surface area contributed by atoms with Crippen molar-refractivity contribution in [3.05, 3.63) is 24.3 Å². The van der Waals surface area contributed by atoms with Gasteiger partial charge in [0.05, 0.1) is 10.6 Å². The third-order valence-corrected chi connectivity index (χ3v) is 80.1. The Hall–Kier alpha value is 0.948. The summed E-state index contributed by atoms with van der Waals surface area (Å²) in [6.45, 7) is 36.8. The van der Waals surface area contributed by atoms with Gasteiger partial charge in [-0.3, -0.25) is 0 Å². The molecule has 0 heterocycles. The summed E-state index contributed by atoms with van der Waals surface area (Å²) < 4.78 is 0. The summed E-state index contributed by atoms with van der Waals surface area (Å²) in [5, 5.41) is 3.47. The monoisotopic (exact) mass is 460 g/mol. The quantitative estimate of drug-likeness (QED) is 0.303. The molecule has 0 aliphatic rings. The summed E-state index contributed by atoms with van der Waals surface area (Å²) in [6, 6.07) is 10.4. The van der Waals surface area contributed by atoms with Gasteiger partial charge in [-0.05, 0) is 116 Å². The second-order valence-corrected chi connectivity index (χ2v) is 64.2. The Balaban J connectivity index is 3.61. The van der Waals surface area contributed by atoms with Crippen molar-refractivity contribution in [1.29, 1.82) is 0 Å². The van der Waals surface area contributed by atoms with Crippen molar-refractivity contribution in [3.63, 3.8) is 0 Å². The molecule has 1 aromatic carbocycles. The van der Waals surface area contributed by atoms with E-state index in [1.54, 1.807) is 10.6 Å². The van der Waals surface area contributed by atoms with Gasteiger partial charge in [0.25, 0.3) is 0 Å². The Morgan fingerprint density at radius 1 is 0.423 bits per heavy atom. The van der Waals surface area contributed by atoms with Gasteiger partial charge in [0.15, 0.2) is 0 Å². The van der Waals surface area contributed by atoms with E-state index < -0.39 is 43.7 Å². The fourth-order valence-electron chi connectivity index (χ4n) is 4.61. The molecule has 0 aromatic heterocycles. The Morgan fingerprint density at radius 2 is 0.577 bits per heavy atom. The van der Waals surface area contributed by atoms with Crippen LogP contribution in [0.25, 0.3) is 0 Å². The van der Waals surface area contributed by atoms with Crippen LogP contribution in [0.15, 0.2) is 24.3 Å². The first-order valence-electron chi connectivity index (χ1n) is 10.1. The zero-order valence-corrected chi connectivity index (χ0v) is 26.0. The maximum atomic E-state index is 2.70. The van der Waals surface area contributed by atoms with Gasteiger partial charge in [-0.25, -0.2) is 0 Å². The molecule has 6 heteroatoms. The molecule has 0 saturated heterocycles. The minimum absolute atomic E-state index is 1.03. The van der Waals surface area contributed by atoms with Crippen molar-refractivity contribution < 1.29 is 0 Å². The van der Waals surface area contributed by atoms with Crippen LogP contribution in [-0.4, -0.2) is 44.3 Å². The minimum atomic E-state index is -1.22. The number of hydrogen-bond donors (Lipinski definition) is 0. The molecule has 0 atom stereocenters. The van der Waals surface area contributed by atoms with Crippen LogP contribution in [0, 0.1) is 0 Å². The molecule has 0 radical (unpaired) electrons. The van der Waals surface area contributed by atoms with Gasteiger partial charge in [0.2, 0.25) is 31.0 Å². The normalized spacial score (nSPS) is 15.3. The molecule has 1 rings (SSSR count). The molecule has 0 N–H and O–H groups in total. The lowest BCUT2D eigenvalue weighted by Crippen LogP contribution is -2.47. The van der Waals surface area contributed by atoms with Gasteiger partial charge in [-0.1, -0.05) is 0 Å². The molecule has 26 heavy (non-hydrogen) atoms. The van der Waals surface area contributed by atoms with Crippen LogP contribution in [0.3, 0.4) is 0 Å². The molecule has 0 fully saturated rings. The summed E-state index contributed by atoms with van der Waals surface area (Å²) in [4.78, 5) is 0. The Labute approximate surface area is 170 Å². The third kappa shape index (κ3) is 4.12. The number of rotatable bonds is 6. The Bertz CT molecular complexity index is 541. The third-order valence-electron chi connectivity index (χ3n) is 7.25. The van der Waals surface area contributed by atoms with Crippen molar-refractivity contribution in [3.8, 4) is 0 Å². The largest absolute Gasteiger partial charge is 0.213 e. The molecule has 0 saturated carbocycles. The molecule has 0 spiro atoms. The van der Waals surface area contributed by atoms with Crippen LogP contribution in [0.5, 0.6) is 0 Å². The van der Waals surface area contributed by atoms with E-state index in [2.05, 4.69) is 116 Å². The minimum Gasteiger partial charge on any atom is -0.0351 e. The lowest BCUT2D eigenvalue weighted by Gasteiger charge is -2.44. The summed E-state index contributed by atoms with van der Waals surface area (Å²) >= 11 is 0. The predicted molar refractivity (Wildman–Crippen MR) is 145 cm³/mol. The highest BCUT2D eigenvalue weighted by Crippen LogP contribution is 2.70. The molecular formula is C20H46P2Si4+2. The summed E-state index contributed by atoms with van der Waals surface area (Å²) in [7, 11) is -4.90. The van der Waals surface area contributed by atoms with Gasteiger partial charge >= 0.3 is 0 Å². The zero-order chi connectivity index (χ0) is 21.0. The van der Waals surface area contributed by atoms with E-state index in [4.69, 9.17) is 0 Å². The molecule has 150 valence electrons. The highest BCUT2D eigenvalue weighted by molar-refractivity contribution is 8.34. The van der Waals surface area contributed by atoms with Gasteiger partial charge in [0, 0.05) is 13.3 Å². The lowest BCUT2D eigenvalue weighted by molar-refractivity contribution is 1.75. The zero-order valence-electron chi connectivity index (χ0n) is 20.2. The van der Waals surface area contributed by atoms with Crippen LogP contribution < -0.4 is 10.6 Å². The molecule has 1 aromatic rings. The molecule has 0 aliphatic carbocycles. The SMILES string of the molecule is C[Si](C)(C)[P+](C)(c1ccc([P+](C)([Si](C)(C)C)[Si](C)(C)C)cc1)[Si](C)(C)C. The summed E-state index contributed by atoms with van der Waals surface area (Å²) in [6.07, 6.45) is -2.06. The number of benzene rings is 1. The molecular weight excluding hydrogens is 415 g/mol. The summed E-state index contributed by atoms with van der Waals surface area (Å²) in [5.74, 6) is 0. The van der Waals surface area contributed by atoms with Crippen LogP contribution in [-0.2, 0) is 0 Å². The van der Waals surface area contributed by atoms with E-state index >= 15 is 0 Å². The van der Waals surface area contributed by atoms with Crippen LogP contribution in [0.2, 0.25) is 78.6 Å². The van der Waals surface area contributed by atoms with Crippen LogP contribution in [0.4, 0.5) is 0 Å². The first kappa shape index (κ1) is 25.0. The van der Waals surface area contributed by atoms with E-state index in [0.717, 1.165) is 0 Å². The van der Waals surface area contributed by atoms with Crippen molar-refractivity contribution in [2.75, 3.05) is 13.3 Å². The van der Waals surface area contributed by atoms with Gasteiger partial charge in [-0.15, -0.1) is 0 Å². The van der Waals surface area contributed by atoms with Crippen molar-refractivity contribution >= 4 is 54.3 Å². The van der Waals surface area contributed by atoms with E-state index in [0.29, 0.717) is 0 Å². The van der Waals surface area contributed by atoms with Crippen molar-refractivity contribution in [2.45, 2.75) is 78.6 Å². The summed E-state index contributed by atoms with van der Waals surface area (Å²) in [5.41, 5.74) is 0. The standard InChI is InChI=1S/C20H46P2Si4/c1-21(23(3,4)5,24(6,7)8)19-15-17-20(18-16-19)22(2,25(9,10)11)26(12,13)14/h15-18H,1-14H3/q+2. The highest BCUT2D eigenvalue weighted by Gasteiger charge is 2.59. The second kappa shape index (κ2) is 7.33. The molecule has 0 aliphatic heterocycles. The van der Waals surface area contributed by atoms with Crippen molar-refractivity contribution in [1.82, 2.24) is 0 Å². The average Bonchev–Trinajstić information content (AvgIpc) is 2.40. The maximum absolute atomic E-state index is 2.70. The fourth-order valence-corrected chi connectivity index (χ4v) is 72.6. The Morgan fingerprint density at radius 3 is 0.692 bits per heavy atom. The number of hydrogen-bond acceptors (Lipinski definition) is 0. The lowest BCUT2D eigenvalue weighted by atomic mass is 10.4. The van der Waals surface area contributed by atoms with E-state index in [1.165, 1.54) is 0 Å². The maximum Gasteiger partial charge on any atom is 0.213 e.